The highest BCUT2D eigenvalue weighted by atomic mass is 32.2. The van der Waals surface area contributed by atoms with Crippen molar-refractivity contribution in [2.45, 2.75) is 40.5 Å². The molecule has 0 aliphatic rings. The average Bonchev–Trinajstić information content (AvgIpc) is 1.85. The fourth-order valence-electron chi connectivity index (χ4n) is 0.740. The maximum atomic E-state index is 2.29. The highest BCUT2D eigenvalue weighted by Gasteiger charge is 1.96. The summed E-state index contributed by atoms with van der Waals surface area (Å²) in [5.74, 6) is 4.46. The molecule has 0 aromatic carbocycles. The van der Waals surface area contributed by atoms with Crippen molar-refractivity contribution in [2.24, 2.45) is 11.8 Å². The van der Waals surface area contributed by atoms with Crippen LogP contribution < -0.4 is 0 Å². The first kappa shape index (κ1) is 14.9. The highest BCUT2D eigenvalue weighted by Crippen LogP contribution is 2.12. The fourth-order valence-corrected chi connectivity index (χ4v) is 2.22. The van der Waals surface area contributed by atoms with Gasteiger partial charge in [-0.25, -0.2) is 0 Å². The third-order valence-corrected chi connectivity index (χ3v) is 2.73. The predicted octanol–water partition coefficient (Wildman–Crippen LogP) is 2.63. The maximum Gasteiger partial charge on any atom is 0.0814 e. The standard InChI is InChI=1S/C10H22S.BH3/c1-9(2)5-7-11-8-6-10(3)4;/h9-10H,5-8H2,1-4H3;1H3. The van der Waals surface area contributed by atoms with Crippen LogP contribution in [0.3, 0.4) is 0 Å². The normalized spacial score (nSPS) is 10.5. The smallest absolute Gasteiger partial charge is 0.0814 e. The molecule has 0 N–H and O–H groups in total. The van der Waals surface area contributed by atoms with E-state index in [1.165, 1.54) is 24.3 Å². The lowest BCUT2D eigenvalue weighted by Gasteiger charge is -2.05. The number of hydrogen-bond donors (Lipinski definition) is 0. The quantitative estimate of drug-likeness (QED) is 0.456. The molecule has 0 rings (SSSR count). The Bertz CT molecular complexity index is 71.9. The molecule has 0 aromatic rings. The molecule has 0 heterocycles. The van der Waals surface area contributed by atoms with Gasteiger partial charge in [0, 0.05) is 0 Å². The molecule has 0 saturated heterocycles. The molecule has 12 heavy (non-hydrogen) atoms. The Kier molecular flexibility index (Phi) is 11.8. The highest BCUT2D eigenvalue weighted by molar-refractivity contribution is 7.99. The summed E-state index contributed by atoms with van der Waals surface area (Å²) < 4.78 is 0. The molecular weight excluding hydrogens is 163 g/mol. The molecule has 2 heteroatoms. The molecule has 0 aliphatic heterocycles. The largest absolute Gasteiger partial charge is 0.162 e. The molecule has 0 aromatic heterocycles. The molecular formula is C10H25BS. The van der Waals surface area contributed by atoms with Crippen LogP contribution in [0.1, 0.15) is 40.5 Å². The van der Waals surface area contributed by atoms with Gasteiger partial charge in [0.1, 0.15) is 0 Å². The van der Waals surface area contributed by atoms with Gasteiger partial charge in [-0.3, -0.25) is 0 Å². The molecule has 0 saturated carbocycles. The van der Waals surface area contributed by atoms with Crippen LogP contribution in [0.2, 0.25) is 0 Å². The van der Waals surface area contributed by atoms with Crippen molar-refractivity contribution < 1.29 is 0 Å². The summed E-state index contributed by atoms with van der Waals surface area (Å²) >= 11 is 2.11. The Labute approximate surface area is 84.5 Å². The second-order valence-electron chi connectivity index (χ2n) is 3.98. The van der Waals surface area contributed by atoms with E-state index >= 15 is 0 Å². The Morgan fingerprint density at radius 3 is 1.42 bits per heavy atom. The van der Waals surface area contributed by atoms with Crippen molar-refractivity contribution in [2.75, 3.05) is 11.5 Å². The van der Waals surface area contributed by atoms with E-state index < -0.39 is 0 Å². The van der Waals surface area contributed by atoms with Gasteiger partial charge in [0.05, 0.1) is 8.41 Å². The van der Waals surface area contributed by atoms with E-state index in [4.69, 9.17) is 0 Å². The molecule has 0 aliphatic carbocycles. The summed E-state index contributed by atoms with van der Waals surface area (Å²) in [6, 6.07) is 0. The van der Waals surface area contributed by atoms with Gasteiger partial charge in [0.15, 0.2) is 0 Å². The predicted molar refractivity (Wildman–Crippen MR) is 66.2 cm³/mol. The number of hydrogen-bond acceptors (Lipinski definition) is 1. The zero-order valence-electron chi connectivity index (χ0n) is 8.39. The van der Waals surface area contributed by atoms with Crippen LogP contribution in [0.25, 0.3) is 0 Å². The van der Waals surface area contributed by atoms with E-state index in [1.54, 1.807) is 0 Å². The summed E-state index contributed by atoms with van der Waals surface area (Å²) in [7, 11) is 0. The lowest BCUT2D eigenvalue weighted by atomic mass is 10.2. The van der Waals surface area contributed by atoms with Gasteiger partial charge in [-0.15, -0.1) is 0 Å². The van der Waals surface area contributed by atoms with Crippen LogP contribution in [0.5, 0.6) is 0 Å². The zero-order chi connectivity index (χ0) is 8.69. The summed E-state index contributed by atoms with van der Waals surface area (Å²) in [4.78, 5) is 0. The number of thioether (sulfide) groups is 1. The SMILES string of the molecule is B.CC(C)CCSCCC(C)C. The van der Waals surface area contributed by atoms with E-state index in [2.05, 4.69) is 39.5 Å². The average molecular weight is 188 g/mol. The summed E-state index contributed by atoms with van der Waals surface area (Å²) in [5, 5.41) is 0. The van der Waals surface area contributed by atoms with Gasteiger partial charge in [0.2, 0.25) is 0 Å². The third kappa shape index (κ3) is 13.0. The van der Waals surface area contributed by atoms with Crippen LogP contribution in [-0.2, 0) is 0 Å². The lowest BCUT2D eigenvalue weighted by Crippen LogP contribution is -1.93. The molecule has 0 fully saturated rings. The van der Waals surface area contributed by atoms with Gasteiger partial charge in [0.25, 0.3) is 0 Å². The number of rotatable bonds is 6. The Morgan fingerprint density at radius 1 is 0.833 bits per heavy atom. The van der Waals surface area contributed by atoms with Gasteiger partial charge >= 0.3 is 0 Å². The fraction of sp³-hybridized carbons (Fsp3) is 1.00. The van der Waals surface area contributed by atoms with E-state index in [1.807, 2.05) is 0 Å². The second kappa shape index (κ2) is 9.50. The van der Waals surface area contributed by atoms with Crippen molar-refractivity contribution in [3.8, 4) is 0 Å². The van der Waals surface area contributed by atoms with Gasteiger partial charge < -0.3 is 0 Å². The Balaban J connectivity index is 0. The van der Waals surface area contributed by atoms with E-state index in [-0.39, 0.29) is 8.41 Å². The summed E-state index contributed by atoms with van der Waals surface area (Å²) in [5.41, 5.74) is 0. The molecule has 0 nitrogen and oxygen atoms in total. The minimum atomic E-state index is 0. The van der Waals surface area contributed by atoms with Crippen LogP contribution in [0.15, 0.2) is 0 Å². The second-order valence-corrected chi connectivity index (χ2v) is 5.20. The first-order valence-electron chi connectivity index (χ1n) is 4.70. The maximum absolute atomic E-state index is 2.29. The van der Waals surface area contributed by atoms with Crippen LogP contribution >= 0.6 is 11.8 Å². The minimum absolute atomic E-state index is 0. The van der Waals surface area contributed by atoms with Gasteiger partial charge in [-0.2, -0.15) is 11.8 Å². The van der Waals surface area contributed by atoms with Crippen molar-refractivity contribution >= 4 is 20.2 Å². The summed E-state index contributed by atoms with van der Waals surface area (Å²) in [6.07, 6.45) is 2.76. The minimum Gasteiger partial charge on any atom is -0.162 e. The van der Waals surface area contributed by atoms with E-state index in [0.717, 1.165) is 11.8 Å². The molecule has 0 bridgehead atoms. The van der Waals surface area contributed by atoms with E-state index in [9.17, 15) is 0 Å². The van der Waals surface area contributed by atoms with Crippen LogP contribution in [0.4, 0.5) is 0 Å². The van der Waals surface area contributed by atoms with E-state index in [0.29, 0.717) is 0 Å². The van der Waals surface area contributed by atoms with Crippen LogP contribution in [-0.4, -0.2) is 19.9 Å². The van der Waals surface area contributed by atoms with Gasteiger partial charge in [-0.1, -0.05) is 27.7 Å². The molecule has 0 atom stereocenters. The van der Waals surface area contributed by atoms with Crippen LogP contribution in [0, 0.1) is 11.8 Å². The zero-order valence-corrected chi connectivity index (χ0v) is 9.21. The first-order valence-corrected chi connectivity index (χ1v) is 5.86. The van der Waals surface area contributed by atoms with Crippen molar-refractivity contribution in [1.82, 2.24) is 0 Å². The van der Waals surface area contributed by atoms with Crippen molar-refractivity contribution in [3.05, 3.63) is 0 Å². The monoisotopic (exact) mass is 188 g/mol. The lowest BCUT2D eigenvalue weighted by molar-refractivity contribution is 0.623. The topological polar surface area (TPSA) is 0 Å². The Hall–Kier alpha value is 0.415. The Morgan fingerprint density at radius 2 is 1.17 bits per heavy atom. The third-order valence-electron chi connectivity index (χ3n) is 1.68. The summed E-state index contributed by atoms with van der Waals surface area (Å²) in [6.45, 7) is 9.18. The molecule has 0 radical (unpaired) electrons. The van der Waals surface area contributed by atoms with Crippen molar-refractivity contribution in [1.29, 1.82) is 0 Å². The molecule has 0 amide bonds. The molecule has 0 spiro atoms. The van der Waals surface area contributed by atoms with Gasteiger partial charge in [-0.05, 0) is 36.2 Å². The van der Waals surface area contributed by atoms with Crippen molar-refractivity contribution in [3.63, 3.8) is 0 Å². The molecule has 74 valence electrons. The molecule has 0 unspecified atom stereocenters. The first-order chi connectivity index (χ1) is 5.13.